The van der Waals surface area contributed by atoms with Gasteiger partial charge in [-0.1, -0.05) is 25.9 Å². The zero-order valence-electron chi connectivity index (χ0n) is 10.9. The van der Waals surface area contributed by atoms with Crippen molar-refractivity contribution in [3.8, 4) is 0 Å². The smallest absolute Gasteiger partial charge is 0.231 e. The highest BCUT2D eigenvalue weighted by molar-refractivity contribution is 6.02. The summed E-state index contributed by atoms with van der Waals surface area (Å²) in [5.74, 6) is -0.958. The minimum atomic E-state index is -0.620. The number of carbonyl (C=O) groups excluding carboxylic acids is 1. The van der Waals surface area contributed by atoms with Gasteiger partial charge in [0, 0.05) is 7.11 Å². The maximum absolute atomic E-state index is 12.0. The Morgan fingerprint density at radius 2 is 2.12 bits per heavy atom. The molecule has 2 atom stereocenters. The molecule has 0 aromatic heterocycles. The van der Waals surface area contributed by atoms with Crippen molar-refractivity contribution in [3.63, 3.8) is 0 Å². The summed E-state index contributed by atoms with van der Waals surface area (Å²) >= 11 is 0. The van der Waals surface area contributed by atoms with Gasteiger partial charge in [0.15, 0.2) is 5.84 Å². The fourth-order valence-corrected chi connectivity index (χ4v) is 1.59. The van der Waals surface area contributed by atoms with E-state index in [9.17, 15) is 4.79 Å². The van der Waals surface area contributed by atoms with Gasteiger partial charge >= 0.3 is 0 Å². The number of oxime groups is 1. The molecule has 2 unspecified atom stereocenters. The quantitative estimate of drug-likeness (QED) is 0.264. The SMILES string of the molecule is CCC(COC)NC(=O)C(C(N)=NO)C(C)C. The first-order chi connectivity index (χ1) is 7.97. The van der Waals surface area contributed by atoms with Gasteiger partial charge in [-0.2, -0.15) is 0 Å². The molecule has 1 amide bonds. The molecule has 17 heavy (non-hydrogen) atoms. The number of hydrogen-bond donors (Lipinski definition) is 3. The van der Waals surface area contributed by atoms with E-state index in [1.807, 2.05) is 20.8 Å². The molecule has 0 saturated carbocycles. The number of carbonyl (C=O) groups is 1. The monoisotopic (exact) mass is 245 g/mol. The number of ether oxygens (including phenoxy) is 1. The Labute approximate surface area is 102 Å². The molecule has 6 nitrogen and oxygen atoms in total. The van der Waals surface area contributed by atoms with E-state index < -0.39 is 5.92 Å². The second-order valence-electron chi connectivity index (χ2n) is 4.32. The van der Waals surface area contributed by atoms with Crippen molar-refractivity contribution < 1.29 is 14.7 Å². The molecule has 0 aromatic rings. The van der Waals surface area contributed by atoms with Crippen molar-refractivity contribution >= 4 is 11.7 Å². The molecule has 6 heteroatoms. The lowest BCUT2D eigenvalue weighted by Gasteiger charge is -2.22. The van der Waals surface area contributed by atoms with Crippen LogP contribution in [0.1, 0.15) is 27.2 Å². The minimum Gasteiger partial charge on any atom is -0.409 e. The van der Waals surface area contributed by atoms with Crippen molar-refractivity contribution in [3.05, 3.63) is 0 Å². The van der Waals surface area contributed by atoms with Gasteiger partial charge in [-0.3, -0.25) is 4.79 Å². The predicted octanol–water partition coefficient (Wildman–Crippen LogP) is 0.546. The third-order valence-electron chi connectivity index (χ3n) is 2.59. The summed E-state index contributed by atoms with van der Waals surface area (Å²) in [4.78, 5) is 12.0. The van der Waals surface area contributed by atoms with E-state index in [2.05, 4.69) is 10.5 Å². The standard InChI is InChI=1S/C11H23N3O3/c1-5-8(6-17-4)13-11(15)9(7(2)3)10(12)14-16/h7-9,16H,5-6H2,1-4H3,(H2,12,14)(H,13,15). The number of hydrogen-bond acceptors (Lipinski definition) is 4. The summed E-state index contributed by atoms with van der Waals surface area (Å²) in [6, 6.07) is -0.0553. The van der Waals surface area contributed by atoms with Crippen LogP contribution >= 0.6 is 0 Å². The number of amides is 1. The maximum atomic E-state index is 12.0. The van der Waals surface area contributed by atoms with Gasteiger partial charge in [-0.25, -0.2) is 0 Å². The topological polar surface area (TPSA) is 96.9 Å². The fourth-order valence-electron chi connectivity index (χ4n) is 1.59. The maximum Gasteiger partial charge on any atom is 0.231 e. The van der Waals surface area contributed by atoms with Crippen LogP contribution in [0.4, 0.5) is 0 Å². The Balaban J connectivity index is 4.63. The van der Waals surface area contributed by atoms with Crippen LogP contribution in [0, 0.1) is 11.8 Å². The molecule has 4 N–H and O–H groups in total. The molecule has 100 valence electrons. The van der Waals surface area contributed by atoms with Crippen molar-refractivity contribution in [2.75, 3.05) is 13.7 Å². The lowest BCUT2D eigenvalue weighted by Crippen LogP contribution is -2.46. The molecule has 0 saturated heterocycles. The van der Waals surface area contributed by atoms with Crippen LogP contribution in [0.5, 0.6) is 0 Å². The largest absolute Gasteiger partial charge is 0.409 e. The molecule has 0 aliphatic rings. The molecule has 0 rings (SSSR count). The average molecular weight is 245 g/mol. The third-order valence-corrected chi connectivity index (χ3v) is 2.59. The summed E-state index contributed by atoms with van der Waals surface area (Å²) < 4.78 is 5.00. The molecule has 0 aliphatic heterocycles. The zero-order valence-corrected chi connectivity index (χ0v) is 10.9. The number of amidine groups is 1. The van der Waals surface area contributed by atoms with Crippen LogP contribution in [0.15, 0.2) is 5.16 Å². The summed E-state index contributed by atoms with van der Waals surface area (Å²) in [7, 11) is 1.58. The second kappa shape index (κ2) is 7.89. The zero-order chi connectivity index (χ0) is 13.4. The molecule has 0 fully saturated rings. The van der Waals surface area contributed by atoms with E-state index in [0.29, 0.717) is 6.61 Å². The van der Waals surface area contributed by atoms with Crippen LogP contribution in [-0.4, -0.2) is 36.7 Å². The Bertz CT molecular complexity index is 267. The average Bonchev–Trinajstić information content (AvgIpc) is 2.27. The molecule has 0 radical (unpaired) electrons. The van der Waals surface area contributed by atoms with Crippen molar-refractivity contribution in [1.82, 2.24) is 5.32 Å². The van der Waals surface area contributed by atoms with Gasteiger partial charge in [-0.05, 0) is 12.3 Å². The van der Waals surface area contributed by atoms with Crippen LogP contribution in [0.3, 0.4) is 0 Å². The molecule has 0 aromatic carbocycles. The summed E-state index contributed by atoms with van der Waals surface area (Å²) in [5.41, 5.74) is 5.52. The van der Waals surface area contributed by atoms with Gasteiger partial charge in [0.1, 0.15) is 5.92 Å². The van der Waals surface area contributed by atoms with Crippen LogP contribution < -0.4 is 11.1 Å². The van der Waals surface area contributed by atoms with Crippen LogP contribution in [-0.2, 0) is 9.53 Å². The highest BCUT2D eigenvalue weighted by atomic mass is 16.5. The van der Waals surface area contributed by atoms with Gasteiger partial charge < -0.3 is 21.0 Å². The summed E-state index contributed by atoms with van der Waals surface area (Å²) in [5, 5.41) is 14.4. The number of nitrogens with one attached hydrogen (secondary N) is 1. The van der Waals surface area contributed by atoms with E-state index in [0.717, 1.165) is 6.42 Å². The normalized spacial score (nSPS) is 15.7. The number of nitrogens with two attached hydrogens (primary N) is 1. The first-order valence-corrected chi connectivity index (χ1v) is 5.74. The van der Waals surface area contributed by atoms with E-state index >= 15 is 0 Å². The van der Waals surface area contributed by atoms with Crippen molar-refractivity contribution in [2.24, 2.45) is 22.7 Å². The van der Waals surface area contributed by atoms with Crippen molar-refractivity contribution in [1.29, 1.82) is 0 Å². The fraction of sp³-hybridized carbons (Fsp3) is 0.818. The van der Waals surface area contributed by atoms with Gasteiger partial charge in [-0.15, -0.1) is 0 Å². The highest BCUT2D eigenvalue weighted by Gasteiger charge is 2.27. The number of methoxy groups -OCH3 is 1. The summed E-state index contributed by atoms with van der Waals surface area (Å²) in [6.45, 7) is 6.10. The van der Waals surface area contributed by atoms with Crippen LogP contribution in [0.25, 0.3) is 0 Å². The first kappa shape index (κ1) is 15.7. The Kier molecular flexibility index (Phi) is 7.29. The molecular weight excluding hydrogens is 222 g/mol. The Hall–Kier alpha value is -1.30. The minimum absolute atomic E-state index is 0.0362. The van der Waals surface area contributed by atoms with Crippen LogP contribution in [0.2, 0.25) is 0 Å². The number of nitrogens with zero attached hydrogens (tertiary/aromatic N) is 1. The Morgan fingerprint density at radius 3 is 2.47 bits per heavy atom. The third kappa shape index (κ3) is 5.04. The second-order valence-corrected chi connectivity index (χ2v) is 4.32. The Morgan fingerprint density at radius 1 is 1.53 bits per heavy atom. The van der Waals surface area contributed by atoms with E-state index in [-0.39, 0.29) is 23.7 Å². The van der Waals surface area contributed by atoms with Gasteiger partial charge in [0.2, 0.25) is 5.91 Å². The molecule has 0 aliphatic carbocycles. The highest BCUT2D eigenvalue weighted by Crippen LogP contribution is 2.12. The molecule has 0 spiro atoms. The molecular formula is C11H23N3O3. The van der Waals surface area contributed by atoms with Gasteiger partial charge in [0.05, 0.1) is 12.6 Å². The molecule has 0 heterocycles. The predicted molar refractivity (Wildman–Crippen MR) is 65.8 cm³/mol. The van der Waals surface area contributed by atoms with Gasteiger partial charge in [0.25, 0.3) is 0 Å². The lowest BCUT2D eigenvalue weighted by atomic mass is 9.93. The number of rotatable bonds is 7. The van der Waals surface area contributed by atoms with E-state index in [1.165, 1.54) is 0 Å². The molecule has 0 bridgehead atoms. The van der Waals surface area contributed by atoms with Crippen molar-refractivity contribution in [2.45, 2.75) is 33.2 Å². The lowest BCUT2D eigenvalue weighted by molar-refractivity contribution is -0.125. The van der Waals surface area contributed by atoms with E-state index in [1.54, 1.807) is 7.11 Å². The summed E-state index contributed by atoms with van der Waals surface area (Å²) in [6.07, 6.45) is 0.764. The first-order valence-electron chi connectivity index (χ1n) is 5.74. The van der Waals surface area contributed by atoms with E-state index in [4.69, 9.17) is 15.7 Å².